The lowest BCUT2D eigenvalue weighted by molar-refractivity contribution is 0.351. The average molecular weight is 351 g/mol. The van der Waals surface area contributed by atoms with Crippen LogP contribution in [-0.2, 0) is 24.1 Å². The molecule has 2 heterocycles. The van der Waals surface area contributed by atoms with Gasteiger partial charge in [0.15, 0.2) is 5.82 Å². The highest BCUT2D eigenvalue weighted by atomic mass is 32.2. The first kappa shape index (κ1) is 16.4. The first-order valence-electron chi connectivity index (χ1n) is 7.18. The maximum atomic E-state index is 12.6. The van der Waals surface area contributed by atoms with Crippen LogP contribution >= 0.6 is 0 Å². The maximum absolute atomic E-state index is 12.6. The summed E-state index contributed by atoms with van der Waals surface area (Å²) >= 11 is 0. The second-order valence-corrected chi connectivity index (χ2v) is 7.29. The SMILES string of the molecule is Cc1noc([C@H](C)NS(=O)(=O)c2ccc3c(c2)n(C)c(=O)n3C)n1. The normalized spacial score (nSPS) is 13.5. The Morgan fingerprint density at radius 2 is 1.88 bits per heavy atom. The lowest BCUT2D eigenvalue weighted by Gasteiger charge is -2.11. The Balaban J connectivity index is 1.99. The van der Waals surface area contributed by atoms with Gasteiger partial charge in [-0.05, 0) is 32.0 Å². The molecule has 0 saturated heterocycles. The minimum absolute atomic E-state index is 0.0549. The van der Waals surface area contributed by atoms with E-state index in [1.807, 2.05) is 0 Å². The molecule has 0 aliphatic carbocycles. The molecule has 10 heteroatoms. The number of benzene rings is 1. The molecule has 0 aliphatic heterocycles. The van der Waals surface area contributed by atoms with Crippen molar-refractivity contribution in [1.29, 1.82) is 0 Å². The van der Waals surface area contributed by atoms with Gasteiger partial charge in [-0.15, -0.1) is 0 Å². The van der Waals surface area contributed by atoms with Gasteiger partial charge in [0.25, 0.3) is 0 Å². The highest BCUT2D eigenvalue weighted by molar-refractivity contribution is 7.89. The van der Waals surface area contributed by atoms with Gasteiger partial charge in [0.2, 0.25) is 15.9 Å². The summed E-state index contributed by atoms with van der Waals surface area (Å²) in [6.07, 6.45) is 0. The molecule has 0 fully saturated rings. The Kier molecular flexibility index (Phi) is 3.80. The number of rotatable bonds is 4. The van der Waals surface area contributed by atoms with Crippen molar-refractivity contribution in [3.05, 3.63) is 40.4 Å². The lowest BCUT2D eigenvalue weighted by atomic mass is 10.3. The fourth-order valence-corrected chi connectivity index (χ4v) is 3.71. The molecule has 0 radical (unpaired) electrons. The highest BCUT2D eigenvalue weighted by Crippen LogP contribution is 2.20. The van der Waals surface area contributed by atoms with Crippen LogP contribution in [0.1, 0.15) is 24.7 Å². The first-order chi connectivity index (χ1) is 11.2. The van der Waals surface area contributed by atoms with Crippen molar-refractivity contribution in [3.63, 3.8) is 0 Å². The van der Waals surface area contributed by atoms with Gasteiger partial charge in [-0.1, -0.05) is 5.16 Å². The minimum atomic E-state index is -3.81. The molecule has 0 bridgehead atoms. The third-order valence-electron chi connectivity index (χ3n) is 3.80. The zero-order chi connectivity index (χ0) is 17.6. The van der Waals surface area contributed by atoms with Crippen LogP contribution in [0.25, 0.3) is 11.0 Å². The summed E-state index contributed by atoms with van der Waals surface area (Å²) in [4.78, 5) is 16.0. The largest absolute Gasteiger partial charge is 0.338 e. The van der Waals surface area contributed by atoms with Gasteiger partial charge in [0, 0.05) is 14.1 Å². The topological polar surface area (TPSA) is 112 Å². The zero-order valence-electron chi connectivity index (χ0n) is 13.6. The molecule has 1 N–H and O–H groups in total. The van der Waals surface area contributed by atoms with Crippen molar-refractivity contribution in [2.45, 2.75) is 24.8 Å². The van der Waals surface area contributed by atoms with E-state index in [4.69, 9.17) is 4.52 Å². The minimum Gasteiger partial charge on any atom is -0.338 e. The molecule has 128 valence electrons. The van der Waals surface area contributed by atoms with Crippen LogP contribution in [0.4, 0.5) is 0 Å². The molecular weight excluding hydrogens is 334 g/mol. The maximum Gasteiger partial charge on any atom is 0.328 e. The molecule has 0 saturated carbocycles. The summed E-state index contributed by atoms with van der Waals surface area (Å²) in [5.41, 5.74) is 0.968. The van der Waals surface area contributed by atoms with E-state index in [-0.39, 0.29) is 16.5 Å². The Morgan fingerprint density at radius 1 is 1.21 bits per heavy atom. The van der Waals surface area contributed by atoms with E-state index in [0.717, 1.165) is 0 Å². The number of hydrogen-bond donors (Lipinski definition) is 1. The Hall–Kier alpha value is -2.46. The molecule has 0 amide bonds. The number of aromatic nitrogens is 4. The smallest absolute Gasteiger partial charge is 0.328 e. The van der Waals surface area contributed by atoms with E-state index >= 15 is 0 Å². The van der Waals surface area contributed by atoms with Gasteiger partial charge in [-0.3, -0.25) is 9.13 Å². The number of hydrogen-bond acceptors (Lipinski definition) is 6. The quantitative estimate of drug-likeness (QED) is 0.737. The zero-order valence-corrected chi connectivity index (χ0v) is 14.5. The monoisotopic (exact) mass is 351 g/mol. The molecule has 3 rings (SSSR count). The number of sulfonamides is 1. The molecule has 1 aromatic carbocycles. The molecule has 9 nitrogen and oxygen atoms in total. The Labute approximate surface area is 138 Å². The van der Waals surface area contributed by atoms with Crippen LogP contribution < -0.4 is 10.4 Å². The summed E-state index contributed by atoms with van der Waals surface area (Å²) in [5.74, 6) is 0.612. The average Bonchev–Trinajstić information content (AvgIpc) is 3.05. The van der Waals surface area contributed by atoms with Gasteiger partial charge < -0.3 is 4.52 Å². The molecule has 3 aromatic rings. The van der Waals surface area contributed by atoms with E-state index in [1.54, 1.807) is 34.0 Å². The number of fused-ring (bicyclic) bond motifs is 1. The number of aryl methyl sites for hydroxylation is 3. The fraction of sp³-hybridized carbons (Fsp3) is 0.357. The number of imidazole rings is 1. The van der Waals surface area contributed by atoms with Gasteiger partial charge in [0.1, 0.15) is 0 Å². The summed E-state index contributed by atoms with van der Waals surface area (Å²) in [6.45, 7) is 3.26. The fourth-order valence-electron chi connectivity index (χ4n) is 2.49. The van der Waals surface area contributed by atoms with Crippen LogP contribution in [0.5, 0.6) is 0 Å². The summed E-state index contributed by atoms with van der Waals surface area (Å²) in [5, 5.41) is 3.64. The van der Waals surface area contributed by atoms with Crippen LogP contribution in [-0.4, -0.2) is 27.7 Å². The van der Waals surface area contributed by atoms with E-state index in [0.29, 0.717) is 16.9 Å². The molecule has 0 unspecified atom stereocenters. The standard InChI is InChI=1S/C14H17N5O4S/c1-8(13-15-9(2)16-23-13)17-24(21,22)10-5-6-11-12(7-10)19(4)14(20)18(11)3/h5-8,17H,1-4H3/t8-/m0/s1. The van der Waals surface area contributed by atoms with E-state index in [2.05, 4.69) is 14.9 Å². The molecular formula is C14H17N5O4S. The van der Waals surface area contributed by atoms with Crippen LogP contribution in [0.15, 0.2) is 32.4 Å². The molecule has 0 aliphatic rings. The van der Waals surface area contributed by atoms with Crippen LogP contribution in [0.2, 0.25) is 0 Å². The predicted molar refractivity (Wildman–Crippen MR) is 85.9 cm³/mol. The van der Waals surface area contributed by atoms with Crippen molar-refractivity contribution in [3.8, 4) is 0 Å². The third kappa shape index (κ3) is 2.63. The highest BCUT2D eigenvalue weighted by Gasteiger charge is 2.23. The molecule has 24 heavy (non-hydrogen) atoms. The molecule has 2 aromatic heterocycles. The third-order valence-corrected chi connectivity index (χ3v) is 5.34. The van der Waals surface area contributed by atoms with E-state index < -0.39 is 16.1 Å². The van der Waals surface area contributed by atoms with Gasteiger partial charge in [-0.2, -0.15) is 9.71 Å². The van der Waals surface area contributed by atoms with Crippen LogP contribution in [0, 0.1) is 6.92 Å². The van der Waals surface area contributed by atoms with Crippen molar-refractivity contribution in [2.24, 2.45) is 14.1 Å². The first-order valence-corrected chi connectivity index (χ1v) is 8.67. The van der Waals surface area contributed by atoms with Crippen molar-refractivity contribution in [1.82, 2.24) is 24.0 Å². The van der Waals surface area contributed by atoms with Gasteiger partial charge in [-0.25, -0.2) is 13.2 Å². The van der Waals surface area contributed by atoms with E-state index in [9.17, 15) is 13.2 Å². The number of nitrogens with zero attached hydrogens (tertiary/aromatic N) is 4. The van der Waals surface area contributed by atoms with E-state index in [1.165, 1.54) is 21.3 Å². The summed E-state index contributed by atoms with van der Waals surface area (Å²) in [7, 11) is -0.581. The Morgan fingerprint density at radius 3 is 2.50 bits per heavy atom. The lowest BCUT2D eigenvalue weighted by Crippen LogP contribution is -2.27. The second kappa shape index (κ2) is 5.56. The number of nitrogens with one attached hydrogen (secondary N) is 1. The van der Waals surface area contributed by atoms with Crippen molar-refractivity contribution in [2.75, 3.05) is 0 Å². The molecule has 1 atom stereocenters. The summed E-state index contributed by atoms with van der Waals surface area (Å²) in [6, 6.07) is 3.85. The predicted octanol–water partition coefficient (Wildman–Crippen LogP) is 0.608. The van der Waals surface area contributed by atoms with Crippen molar-refractivity contribution >= 4 is 21.1 Å². The van der Waals surface area contributed by atoms with Gasteiger partial charge >= 0.3 is 5.69 Å². The Bertz CT molecular complexity index is 1080. The van der Waals surface area contributed by atoms with Crippen LogP contribution in [0.3, 0.4) is 0 Å². The molecule has 0 spiro atoms. The second-order valence-electron chi connectivity index (χ2n) is 5.57. The summed E-state index contributed by atoms with van der Waals surface area (Å²) < 4.78 is 35.5. The van der Waals surface area contributed by atoms with Gasteiger partial charge in [0.05, 0.1) is 22.0 Å². The van der Waals surface area contributed by atoms with Crippen molar-refractivity contribution < 1.29 is 12.9 Å².